The van der Waals surface area contributed by atoms with Gasteiger partial charge < -0.3 is 9.13 Å². The molecule has 7 heterocycles. The van der Waals surface area contributed by atoms with Gasteiger partial charge in [0.15, 0.2) is 11.6 Å². The number of halogens is 12. The molecule has 6 nitrogen and oxygen atoms in total. The molecule has 90 heavy (non-hydrogen) atoms. The number of aromatic nitrogens is 5. The lowest BCUT2D eigenvalue weighted by Crippen LogP contribution is -2.17. The van der Waals surface area contributed by atoms with Crippen molar-refractivity contribution >= 4 is 150 Å². The molecular formula is C70H32F12N6S2. The van der Waals surface area contributed by atoms with Gasteiger partial charge in [-0.15, -0.1) is 22.7 Å². The first-order valence-electron chi connectivity index (χ1n) is 27.8. The molecule has 0 aliphatic heterocycles. The molecule has 0 N–H and O–H groups in total. The highest BCUT2D eigenvalue weighted by atomic mass is 32.1. The van der Waals surface area contributed by atoms with Gasteiger partial charge in [-0.25, -0.2) is 4.98 Å². The molecule has 0 amide bonds. The van der Waals surface area contributed by atoms with Gasteiger partial charge >= 0.3 is 24.7 Å². The molecule has 0 spiro atoms. The summed E-state index contributed by atoms with van der Waals surface area (Å²) in [6.07, 6.45) is -20.2. The zero-order valence-corrected chi connectivity index (χ0v) is 47.1. The summed E-state index contributed by atoms with van der Waals surface area (Å²) in [7, 11) is 0. The second-order valence-electron chi connectivity index (χ2n) is 22.2. The van der Waals surface area contributed by atoms with E-state index in [1.54, 1.807) is 45.5 Å². The van der Waals surface area contributed by atoms with Crippen molar-refractivity contribution in [2.45, 2.75) is 24.7 Å². The van der Waals surface area contributed by atoms with Crippen LogP contribution in [0.4, 0.5) is 52.7 Å². The smallest absolute Gasteiger partial charge is 0.305 e. The van der Waals surface area contributed by atoms with Gasteiger partial charge in [0.25, 0.3) is 0 Å². The van der Waals surface area contributed by atoms with Crippen molar-refractivity contribution in [3.8, 4) is 29.1 Å². The van der Waals surface area contributed by atoms with E-state index in [0.29, 0.717) is 43.6 Å². The summed E-state index contributed by atoms with van der Waals surface area (Å²) in [4.78, 5) is 5.49. The minimum absolute atomic E-state index is 0.00758. The average Bonchev–Trinajstić information content (AvgIpc) is 1.57. The van der Waals surface area contributed by atoms with E-state index in [-0.39, 0.29) is 60.5 Å². The maximum atomic E-state index is 15.3. The minimum atomic E-state index is -5.05. The highest BCUT2D eigenvalue weighted by Gasteiger charge is 2.39. The monoisotopic (exact) mass is 1250 g/mol. The van der Waals surface area contributed by atoms with Crippen molar-refractivity contribution in [2.75, 3.05) is 0 Å². The number of hydrogen-bond acceptors (Lipinski definition) is 4. The SMILES string of the molecule is N#Cc1c(-n2c3ccccc3c3cc4sc5ccccc5c4cc32)c(-n2c3cc(C(F)(F)F)ccc3c3ccc(C(F)(F)F)cc32)nc(-n2c3cc(C(F)(F)F)ccc3c3ccc(C(F)(F)F)cc32)c1-n1c2ccccc2c2cc3sc4ccccc4c3cc21. The Hall–Kier alpha value is -10.4. The third-order valence-electron chi connectivity index (χ3n) is 17.3. The predicted molar refractivity (Wildman–Crippen MR) is 332 cm³/mol. The topological polar surface area (TPSA) is 56.4 Å². The first kappa shape index (κ1) is 53.8. The van der Waals surface area contributed by atoms with Gasteiger partial charge in [0.2, 0.25) is 0 Å². The Balaban J connectivity index is 1.18. The van der Waals surface area contributed by atoms with Crippen LogP contribution in [0.2, 0.25) is 0 Å². The number of nitrogens with zero attached hydrogens (tertiary/aromatic N) is 6. The molecule has 20 heteroatoms. The first-order chi connectivity index (χ1) is 43.1. The molecule has 7 aromatic heterocycles. The molecule has 0 bridgehead atoms. The van der Waals surface area contributed by atoms with E-state index in [0.717, 1.165) is 122 Å². The van der Waals surface area contributed by atoms with Gasteiger partial charge in [-0.1, -0.05) is 97.1 Å². The van der Waals surface area contributed by atoms with Gasteiger partial charge in [-0.3, -0.25) is 9.13 Å². The second kappa shape index (κ2) is 18.4. The Kier molecular flexibility index (Phi) is 11.0. The summed E-state index contributed by atoms with van der Waals surface area (Å²) in [6, 6.07) is 50.1. The fraction of sp³-hybridized carbons (Fsp3) is 0.0571. The lowest BCUT2D eigenvalue weighted by molar-refractivity contribution is -0.138. The molecule has 17 aromatic rings. The Morgan fingerprint density at radius 1 is 0.289 bits per heavy atom. The van der Waals surface area contributed by atoms with Crippen molar-refractivity contribution in [1.29, 1.82) is 5.26 Å². The highest BCUT2D eigenvalue weighted by Crippen LogP contribution is 2.50. The van der Waals surface area contributed by atoms with Crippen LogP contribution in [0.1, 0.15) is 27.8 Å². The number of benzene rings is 10. The van der Waals surface area contributed by atoms with Crippen LogP contribution in [0.5, 0.6) is 0 Å². The Morgan fingerprint density at radius 2 is 0.589 bits per heavy atom. The van der Waals surface area contributed by atoms with E-state index < -0.39 is 58.6 Å². The van der Waals surface area contributed by atoms with Crippen molar-refractivity contribution in [2.24, 2.45) is 0 Å². The van der Waals surface area contributed by atoms with Crippen LogP contribution in [0.15, 0.2) is 194 Å². The normalized spacial score (nSPS) is 13.1. The maximum Gasteiger partial charge on any atom is 0.416 e. The van der Waals surface area contributed by atoms with Crippen molar-refractivity contribution in [3.63, 3.8) is 0 Å². The Labute approximate surface area is 504 Å². The lowest BCUT2D eigenvalue weighted by Gasteiger charge is -2.24. The van der Waals surface area contributed by atoms with Crippen LogP contribution in [-0.2, 0) is 24.7 Å². The van der Waals surface area contributed by atoms with Crippen molar-refractivity contribution < 1.29 is 52.7 Å². The number of thiophene rings is 2. The predicted octanol–water partition coefficient (Wildman–Crippen LogP) is 22.2. The minimum Gasteiger partial charge on any atom is -0.305 e. The summed E-state index contributed by atoms with van der Waals surface area (Å²) in [5.41, 5.74) is -5.56. The molecule has 0 aliphatic rings. The van der Waals surface area contributed by atoms with Gasteiger partial charge in [0, 0.05) is 83.4 Å². The molecule has 0 saturated heterocycles. The number of pyridine rings is 1. The van der Waals surface area contributed by atoms with E-state index in [9.17, 15) is 5.26 Å². The Bertz CT molecular complexity index is 5570. The highest BCUT2D eigenvalue weighted by molar-refractivity contribution is 7.26. The van der Waals surface area contributed by atoms with Crippen LogP contribution in [0.3, 0.4) is 0 Å². The van der Waals surface area contributed by atoms with E-state index in [2.05, 4.69) is 6.07 Å². The molecular weight excluding hydrogens is 1220 g/mol. The third-order valence-corrected chi connectivity index (χ3v) is 19.5. The quantitative estimate of drug-likeness (QED) is 0.165. The summed E-state index contributed by atoms with van der Waals surface area (Å²) < 4.78 is 193. The standard InChI is InChI=1S/C70H32F12N6S2/c71-67(72,73)34-17-21-40-41-22-18-35(68(74,75)76)26-54(41)87(53(40)25-34)65-63(85-51-13-5-1-9-38(51)46-31-61-48(29-57(46)85)44-11-3-7-15-59(44)89-61)50(33-83)64(86-52-14-6-2-10-39(52)47-32-62-49(30-58(47)86)45-12-4-8-16-60(45)90-62)66(84-65)88-55-27-36(69(77,78)79)19-23-42(55)43-24-20-37(28-56(43)88)70(80,81)82/h1-32H. The van der Waals surface area contributed by atoms with E-state index >= 15 is 52.7 Å². The number of rotatable bonds is 4. The second-order valence-corrected chi connectivity index (χ2v) is 24.3. The number of fused-ring (bicyclic) bond motifs is 18. The van der Waals surface area contributed by atoms with Gasteiger partial charge in [0.1, 0.15) is 23.0 Å². The molecule has 0 aliphatic carbocycles. The lowest BCUT2D eigenvalue weighted by atomic mass is 10.1. The fourth-order valence-corrected chi connectivity index (χ4v) is 15.7. The number of alkyl halides is 12. The molecule has 17 rings (SSSR count). The molecule has 0 radical (unpaired) electrons. The number of para-hydroxylation sites is 2. The summed E-state index contributed by atoms with van der Waals surface area (Å²) in [6.45, 7) is 0. The molecule has 0 atom stereocenters. The van der Waals surface area contributed by atoms with E-state index in [1.165, 1.54) is 22.7 Å². The molecule has 0 saturated carbocycles. The molecule has 0 unspecified atom stereocenters. The first-order valence-corrected chi connectivity index (χ1v) is 29.4. The van der Waals surface area contributed by atoms with E-state index in [1.807, 2.05) is 84.9 Å². The average molecular weight is 1250 g/mol. The molecule has 438 valence electrons. The van der Waals surface area contributed by atoms with Crippen molar-refractivity contribution in [3.05, 3.63) is 222 Å². The van der Waals surface area contributed by atoms with Crippen LogP contribution in [0, 0.1) is 11.3 Å². The summed E-state index contributed by atoms with van der Waals surface area (Å²) >= 11 is 3.02. The zero-order valence-electron chi connectivity index (χ0n) is 45.5. The molecule has 10 aromatic carbocycles. The number of nitriles is 1. The van der Waals surface area contributed by atoms with Crippen molar-refractivity contribution in [1.82, 2.24) is 23.3 Å². The maximum absolute atomic E-state index is 15.3. The van der Waals surface area contributed by atoms with Crippen LogP contribution in [-0.4, -0.2) is 23.3 Å². The summed E-state index contributed by atoms with van der Waals surface area (Å²) in [5.74, 6) is -1.02. The zero-order chi connectivity index (χ0) is 61.8. The van der Waals surface area contributed by atoms with Gasteiger partial charge in [-0.2, -0.15) is 57.9 Å². The molecule has 0 fully saturated rings. The van der Waals surface area contributed by atoms with Crippen LogP contribution < -0.4 is 0 Å². The van der Waals surface area contributed by atoms with Gasteiger partial charge in [0.05, 0.1) is 66.4 Å². The number of hydrogen-bond donors (Lipinski definition) is 0. The van der Waals surface area contributed by atoms with Crippen LogP contribution >= 0.6 is 22.7 Å². The van der Waals surface area contributed by atoms with Crippen LogP contribution in [0.25, 0.3) is 151 Å². The van der Waals surface area contributed by atoms with Gasteiger partial charge in [-0.05, 0) is 97.1 Å². The largest absolute Gasteiger partial charge is 0.416 e. The van der Waals surface area contributed by atoms with E-state index in [4.69, 9.17) is 4.98 Å². The Morgan fingerprint density at radius 3 is 0.922 bits per heavy atom. The fourth-order valence-electron chi connectivity index (χ4n) is 13.4. The third kappa shape index (κ3) is 7.68. The summed E-state index contributed by atoms with van der Waals surface area (Å²) in [5, 5.41) is 18.3.